The van der Waals surface area contributed by atoms with Gasteiger partial charge >= 0.3 is 0 Å². The van der Waals surface area contributed by atoms with E-state index in [2.05, 4.69) is 34.2 Å². The number of nitrogens with one attached hydrogen (secondary N) is 3. The summed E-state index contributed by atoms with van der Waals surface area (Å²) in [4.78, 5) is 4.61. The number of hydrogen-bond acceptors (Lipinski definition) is 3. The number of rotatable bonds is 10. The van der Waals surface area contributed by atoms with Gasteiger partial charge in [-0.05, 0) is 31.0 Å². The third-order valence-corrected chi connectivity index (χ3v) is 5.50. The second-order valence-corrected chi connectivity index (χ2v) is 7.96. The summed E-state index contributed by atoms with van der Waals surface area (Å²) < 4.78 is 25.5. The lowest BCUT2D eigenvalue weighted by atomic mass is 10.0. The van der Waals surface area contributed by atoms with Crippen LogP contribution in [0.25, 0.3) is 0 Å². The SMILES string of the molecule is CCNC(=NCc1ccc(CS(=O)(=O)NC)cc1)NCC(CC)CC. The average molecular weight is 369 g/mol. The van der Waals surface area contributed by atoms with Crippen LogP contribution in [0.5, 0.6) is 0 Å². The molecule has 1 rings (SSSR count). The zero-order chi connectivity index (χ0) is 18.7. The number of guanidine groups is 1. The minimum atomic E-state index is -3.24. The molecule has 0 bridgehead atoms. The minimum absolute atomic E-state index is 0.00727. The van der Waals surface area contributed by atoms with E-state index in [-0.39, 0.29) is 5.75 Å². The van der Waals surface area contributed by atoms with Crippen molar-refractivity contribution in [3.8, 4) is 0 Å². The zero-order valence-corrected chi connectivity index (χ0v) is 16.6. The van der Waals surface area contributed by atoms with Crippen molar-refractivity contribution in [1.29, 1.82) is 0 Å². The van der Waals surface area contributed by atoms with E-state index in [1.165, 1.54) is 7.05 Å². The maximum Gasteiger partial charge on any atom is 0.215 e. The number of sulfonamides is 1. The first-order valence-corrected chi connectivity index (χ1v) is 10.6. The van der Waals surface area contributed by atoms with Gasteiger partial charge in [0.1, 0.15) is 0 Å². The molecule has 0 atom stereocenters. The normalized spacial score (nSPS) is 12.4. The van der Waals surface area contributed by atoms with Crippen LogP contribution in [0.2, 0.25) is 0 Å². The molecule has 0 saturated carbocycles. The van der Waals surface area contributed by atoms with Crippen molar-refractivity contribution in [2.45, 2.75) is 45.9 Å². The van der Waals surface area contributed by atoms with Crippen LogP contribution < -0.4 is 15.4 Å². The lowest BCUT2D eigenvalue weighted by Crippen LogP contribution is -2.39. The first kappa shape index (κ1) is 21.4. The van der Waals surface area contributed by atoms with E-state index < -0.39 is 10.0 Å². The van der Waals surface area contributed by atoms with Crippen molar-refractivity contribution in [2.24, 2.45) is 10.9 Å². The Balaban J connectivity index is 2.66. The van der Waals surface area contributed by atoms with Gasteiger partial charge in [-0.1, -0.05) is 51.0 Å². The summed E-state index contributed by atoms with van der Waals surface area (Å²) in [5.41, 5.74) is 1.81. The summed E-state index contributed by atoms with van der Waals surface area (Å²) in [6.07, 6.45) is 2.31. The van der Waals surface area contributed by atoms with E-state index in [0.29, 0.717) is 12.5 Å². The quantitative estimate of drug-likeness (QED) is 0.437. The van der Waals surface area contributed by atoms with Gasteiger partial charge in [0, 0.05) is 13.1 Å². The van der Waals surface area contributed by atoms with E-state index in [1.54, 1.807) is 0 Å². The summed E-state index contributed by atoms with van der Waals surface area (Å²) >= 11 is 0. The molecule has 6 nitrogen and oxygen atoms in total. The van der Waals surface area contributed by atoms with E-state index >= 15 is 0 Å². The fourth-order valence-electron chi connectivity index (χ4n) is 2.36. The summed E-state index contributed by atoms with van der Waals surface area (Å²) in [6, 6.07) is 7.53. The topological polar surface area (TPSA) is 82.6 Å². The Bertz CT molecular complexity index is 623. The summed E-state index contributed by atoms with van der Waals surface area (Å²) in [5.74, 6) is 1.46. The average Bonchev–Trinajstić information content (AvgIpc) is 2.61. The highest BCUT2D eigenvalue weighted by Gasteiger charge is 2.08. The molecule has 0 unspecified atom stereocenters. The summed E-state index contributed by atoms with van der Waals surface area (Å²) in [5, 5.41) is 6.65. The van der Waals surface area contributed by atoms with Crippen molar-refractivity contribution in [2.75, 3.05) is 20.1 Å². The monoisotopic (exact) mass is 368 g/mol. The van der Waals surface area contributed by atoms with Gasteiger partial charge in [-0.2, -0.15) is 0 Å². The molecule has 1 aromatic carbocycles. The van der Waals surface area contributed by atoms with E-state index in [9.17, 15) is 8.42 Å². The van der Waals surface area contributed by atoms with E-state index in [4.69, 9.17) is 0 Å². The number of nitrogens with zero attached hydrogens (tertiary/aromatic N) is 1. The van der Waals surface area contributed by atoms with Crippen molar-refractivity contribution in [3.63, 3.8) is 0 Å². The second kappa shape index (κ2) is 11.1. The molecule has 0 heterocycles. The Kier molecular flexibility index (Phi) is 9.52. The van der Waals surface area contributed by atoms with Crippen LogP contribution in [0.1, 0.15) is 44.7 Å². The van der Waals surface area contributed by atoms with Gasteiger partial charge < -0.3 is 10.6 Å². The first-order chi connectivity index (χ1) is 11.9. The highest BCUT2D eigenvalue weighted by Crippen LogP contribution is 2.09. The Labute approximate surface area is 152 Å². The molecule has 0 radical (unpaired) electrons. The smallest absolute Gasteiger partial charge is 0.215 e. The van der Waals surface area contributed by atoms with Crippen molar-refractivity contribution < 1.29 is 8.42 Å². The van der Waals surface area contributed by atoms with Crippen molar-refractivity contribution >= 4 is 16.0 Å². The summed E-state index contributed by atoms with van der Waals surface area (Å²) in [6.45, 7) is 8.74. The summed E-state index contributed by atoms with van der Waals surface area (Å²) in [7, 11) is -1.81. The first-order valence-electron chi connectivity index (χ1n) is 8.95. The molecule has 0 aromatic heterocycles. The van der Waals surface area contributed by atoms with Crippen LogP contribution in [-0.4, -0.2) is 34.5 Å². The molecule has 1 aromatic rings. The zero-order valence-electron chi connectivity index (χ0n) is 15.8. The van der Waals surface area contributed by atoms with Crippen molar-refractivity contribution in [1.82, 2.24) is 15.4 Å². The van der Waals surface area contributed by atoms with Gasteiger partial charge in [-0.3, -0.25) is 0 Å². The number of hydrogen-bond donors (Lipinski definition) is 3. The van der Waals surface area contributed by atoms with Crippen LogP contribution >= 0.6 is 0 Å². The second-order valence-electron chi connectivity index (χ2n) is 6.04. The van der Waals surface area contributed by atoms with E-state index in [1.807, 2.05) is 31.2 Å². The molecule has 0 spiro atoms. The maximum atomic E-state index is 11.6. The molecule has 0 aliphatic carbocycles. The van der Waals surface area contributed by atoms with Crippen LogP contribution in [0.4, 0.5) is 0 Å². The lowest BCUT2D eigenvalue weighted by molar-refractivity contribution is 0.481. The Morgan fingerprint density at radius 1 is 1.04 bits per heavy atom. The van der Waals surface area contributed by atoms with Crippen molar-refractivity contribution in [3.05, 3.63) is 35.4 Å². The van der Waals surface area contributed by atoms with Gasteiger partial charge in [0.2, 0.25) is 10.0 Å². The predicted octanol–water partition coefficient (Wildman–Crippen LogP) is 2.23. The van der Waals surface area contributed by atoms with Crippen LogP contribution in [0, 0.1) is 5.92 Å². The lowest BCUT2D eigenvalue weighted by Gasteiger charge is -2.16. The molecular formula is C18H32N4O2S. The predicted molar refractivity (Wildman–Crippen MR) is 105 cm³/mol. The Morgan fingerprint density at radius 3 is 2.16 bits per heavy atom. The molecule has 0 fully saturated rings. The molecule has 0 aliphatic heterocycles. The van der Waals surface area contributed by atoms with Gasteiger partial charge in [0.05, 0.1) is 12.3 Å². The number of aliphatic imine (C=N–C) groups is 1. The molecule has 0 aliphatic rings. The standard InChI is InChI=1S/C18H32N4O2S/c1-5-15(6-2)12-21-18(20-7-3)22-13-16-8-10-17(11-9-16)14-25(23,24)19-4/h8-11,15,19H,5-7,12-14H2,1-4H3,(H2,20,21,22). The fraction of sp³-hybridized carbons (Fsp3) is 0.611. The third kappa shape index (κ3) is 8.36. The highest BCUT2D eigenvalue weighted by atomic mass is 32.2. The Morgan fingerprint density at radius 2 is 1.64 bits per heavy atom. The maximum absolute atomic E-state index is 11.6. The van der Waals surface area contributed by atoms with Gasteiger partial charge in [0.15, 0.2) is 5.96 Å². The highest BCUT2D eigenvalue weighted by molar-refractivity contribution is 7.88. The van der Waals surface area contributed by atoms with Crippen LogP contribution in [-0.2, 0) is 22.3 Å². The molecule has 25 heavy (non-hydrogen) atoms. The molecule has 142 valence electrons. The largest absolute Gasteiger partial charge is 0.357 e. The van der Waals surface area contributed by atoms with Gasteiger partial charge in [-0.15, -0.1) is 0 Å². The molecule has 0 amide bonds. The fourth-order valence-corrected chi connectivity index (χ4v) is 3.14. The Hall–Kier alpha value is -1.60. The molecular weight excluding hydrogens is 336 g/mol. The molecule has 0 saturated heterocycles. The molecule has 3 N–H and O–H groups in total. The molecule has 7 heteroatoms. The third-order valence-electron chi connectivity index (χ3n) is 4.17. The van der Waals surface area contributed by atoms with E-state index in [0.717, 1.165) is 43.0 Å². The van der Waals surface area contributed by atoms with Crippen LogP contribution in [0.3, 0.4) is 0 Å². The van der Waals surface area contributed by atoms with Crippen LogP contribution in [0.15, 0.2) is 29.3 Å². The number of benzene rings is 1. The van der Waals surface area contributed by atoms with Gasteiger partial charge in [-0.25, -0.2) is 18.1 Å². The minimum Gasteiger partial charge on any atom is -0.357 e. The van der Waals surface area contributed by atoms with Gasteiger partial charge in [0.25, 0.3) is 0 Å².